The maximum absolute atomic E-state index is 12.3. The summed E-state index contributed by atoms with van der Waals surface area (Å²) < 4.78 is 1.79. The molecule has 0 saturated carbocycles. The van der Waals surface area contributed by atoms with Crippen LogP contribution in [-0.4, -0.2) is 40.4 Å². The van der Waals surface area contributed by atoms with E-state index in [1.165, 1.54) is 4.90 Å². The second kappa shape index (κ2) is 6.54. The van der Waals surface area contributed by atoms with Crippen LogP contribution in [0.3, 0.4) is 0 Å². The van der Waals surface area contributed by atoms with Crippen molar-refractivity contribution in [1.29, 1.82) is 0 Å². The molecule has 0 radical (unpaired) electrons. The van der Waals surface area contributed by atoms with Crippen molar-refractivity contribution in [2.45, 2.75) is 6.54 Å². The van der Waals surface area contributed by atoms with Gasteiger partial charge >= 0.3 is 0 Å². The molecule has 1 N–H and O–H groups in total. The number of amides is 2. The summed E-state index contributed by atoms with van der Waals surface area (Å²) in [5.41, 5.74) is 2.89. The summed E-state index contributed by atoms with van der Waals surface area (Å²) in [6.45, 7) is 0.159. The minimum atomic E-state index is -0.174. The van der Waals surface area contributed by atoms with Gasteiger partial charge in [0, 0.05) is 25.3 Å². The number of aromatic nitrogens is 2. The number of hydrogen-bond donors (Lipinski definition) is 1. The molecular weight excluding hydrogens is 304 g/mol. The smallest absolute Gasteiger partial charge is 0.253 e. The topological polar surface area (TPSA) is 67.2 Å². The molecule has 0 aliphatic carbocycles. The van der Waals surface area contributed by atoms with Gasteiger partial charge in [-0.1, -0.05) is 18.2 Å². The molecule has 3 rings (SSSR count). The van der Waals surface area contributed by atoms with E-state index in [0.29, 0.717) is 11.3 Å². The Labute approximate surface area is 139 Å². The predicted molar refractivity (Wildman–Crippen MR) is 92.8 cm³/mol. The number of carbonyl (C=O) groups excluding carboxylic acids is 2. The summed E-state index contributed by atoms with van der Waals surface area (Å²) in [4.78, 5) is 30.0. The third kappa shape index (κ3) is 3.27. The molecule has 6 nitrogen and oxygen atoms in total. The zero-order chi connectivity index (χ0) is 17.1. The molecule has 0 aliphatic heterocycles. The Balaban J connectivity index is 1.73. The highest BCUT2D eigenvalue weighted by atomic mass is 16.2. The van der Waals surface area contributed by atoms with Crippen LogP contribution in [0.1, 0.15) is 10.4 Å². The van der Waals surface area contributed by atoms with Gasteiger partial charge in [0.1, 0.15) is 6.54 Å². The fourth-order valence-electron chi connectivity index (χ4n) is 2.48. The van der Waals surface area contributed by atoms with E-state index in [1.54, 1.807) is 49.3 Å². The molecule has 0 unspecified atom stereocenters. The third-order valence-corrected chi connectivity index (χ3v) is 3.64. The first kappa shape index (κ1) is 15.7. The number of para-hydroxylation sites is 2. The largest absolute Gasteiger partial charge is 0.345 e. The Bertz CT molecular complexity index is 899. The third-order valence-electron chi connectivity index (χ3n) is 3.64. The monoisotopic (exact) mass is 322 g/mol. The lowest BCUT2D eigenvalue weighted by atomic mass is 10.2. The summed E-state index contributed by atoms with van der Waals surface area (Å²) in [6.07, 6.45) is 1.65. The molecule has 2 amide bonds. The fourth-order valence-corrected chi connectivity index (χ4v) is 2.48. The van der Waals surface area contributed by atoms with Crippen molar-refractivity contribution in [3.05, 3.63) is 60.4 Å². The van der Waals surface area contributed by atoms with E-state index in [0.717, 1.165) is 11.0 Å². The highest BCUT2D eigenvalue weighted by Crippen LogP contribution is 2.14. The van der Waals surface area contributed by atoms with Gasteiger partial charge in [0.2, 0.25) is 5.91 Å². The molecule has 1 aromatic heterocycles. The Morgan fingerprint density at radius 1 is 1.12 bits per heavy atom. The Morgan fingerprint density at radius 2 is 1.92 bits per heavy atom. The molecule has 2 aromatic carbocycles. The minimum absolute atomic E-state index is 0.105. The zero-order valence-corrected chi connectivity index (χ0v) is 13.6. The Hall–Kier alpha value is -3.15. The van der Waals surface area contributed by atoms with Crippen LogP contribution in [0.2, 0.25) is 0 Å². The van der Waals surface area contributed by atoms with E-state index in [4.69, 9.17) is 0 Å². The molecule has 1 heterocycles. The van der Waals surface area contributed by atoms with E-state index in [9.17, 15) is 9.59 Å². The number of benzene rings is 2. The molecule has 0 saturated heterocycles. The summed E-state index contributed by atoms with van der Waals surface area (Å²) in [6, 6.07) is 14.6. The molecule has 24 heavy (non-hydrogen) atoms. The quantitative estimate of drug-likeness (QED) is 0.802. The first-order valence-corrected chi connectivity index (χ1v) is 7.56. The van der Waals surface area contributed by atoms with Crippen molar-refractivity contribution in [3.8, 4) is 0 Å². The number of rotatable bonds is 4. The van der Waals surface area contributed by atoms with E-state index in [-0.39, 0.29) is 18.4 Å². The van der Waals surface area contributed by atoms with Crippen molar-refractivity contribution in [2.24, 2.45) is 0 Å². The lowest BCUT2D eigenvalue weighted by Gasteiger charge is -2.12. The number of nitrogens with zero attached hydrogens (tertiary/aromatic N) is 3. The van der Waals surface area contributed by atoms with Crippen molar-refractivity contribution >= 4 is 28.5 Å². The molecule has 0 fully saturated rings. The van der Waals surface area contributed by atoms with Gasteiger partial charge in [-0.25, -0.2) is 4.98 Å². The first-order valence-electron chi connectivity index (χ1n) is 7.56. The molecule has 0 bridgehead atoms. The number of fused-ring (bicyclic) bond motifs is 1. The van der Waals surface area contributed by atoms with Gasteiger partial charge in [0.25, 0.3) is 5.91 Å². The number of imidazole rings is 1. The van der Waals surface area contributed by atoms with Gasteiger partial charge in [-0.05, 0) is 30.3 Å². The average Bonchev–Trinajstić information content (AvgIpc) is 2.97. The molecule has 0 aliphatic rings. The van der Waals surface area contributed by atoms with E-state index in [2.05, 4.69) is 10.3 Å². The van der Waals surface area contributed by atoms with Crippen LogP contribution in [0.25, 0.3) is 11.0 Å². The SMILES string of the molecule is CN(C)C(=O)c1cccc(NC(=O)Cn2cnc3ccccc32)c1. The molecule has 122 valence electrons. The van der Waals surface area contributed by atoms with Crippen LogP contribution in [-0.2, 0) is 11.3 Å². The van der Waals surface area contributed by atoms with E-state index < -0.39 is 0 Å². The molecule has 3 aromatic rings. The summed E-state index contributed by atoms with van der Waals surface area (Å²) in [5.74, 6) is -0.278. The van der Waals surface area contributed by atoms with Gasteiger partial charge in [-0.2, -0.15) is 0 Å². The average molecular weight is 322 g/mol. The van der Waals surface area contributed by atoms with Crippen LogP contribution in [0, 0.1) is 0 Å². The summed E-state index contributed by atoms with van der Waals surface area (Å²) >= 11 is 0. The van der Waals surface area contributed by atoms with Crippen LogP contribution in [0.4, 0.5) is 5.69 Å². The number of hydrogen-bond acceptors (Lipinski definition) is 3. The second-order valence-electron chi connectivity index (χ2n) is 5.69. The van der Waals surface area contributed by atoms with Crippen molar-refractivity contribution in [3.63, 3.8) is 0 Å². The second-order valence-corrected chi connectivity index (χ2v) is 5.69. The van der Waals surface area contributed by atoms with Gasteiger partial charge < -0.3 is 14.8 Å². The van der Waals surface area contributed by atoms with Gasteiger partial charge in [0.05, 0.1) is 17.4 Å². The van der Waals surface area contributed by atoms with Crippen LogP contribution in [0.15, 0.2) is 54.9 Å². The summed E-state index contributed by atoms with van der Waals surface area (Å²) in [5, 5.41) is 2.82. The zero-order valence-electron chi connectivity index (χ0n) is 13.6. The molecule has 0 atom stereocenters. The Morgan fingerprint density at radius 3 is 2.71 bits per heavy atom. The fraction of sp³-hybridized carbons (Fsp3) is 0.167. The summed E-state index contributed by atoms with van der Waals surface area (Å²) in [7, 11) is 3.38. The number of anilines is 1. The molecular formula is C18H18N4O2. The van der Waals surface area contributed by atoms with Crippen LogP contribution < -0.4 is 5.32 Å². The van der Waals surface area contributed by atoms with Gasteiger partial charge in [0.15, 0.2) is 0 Å². The number of carbonyl (C=O) groups is 2. The standard InChI is InChI=1S/C18H18N4O2/c1-21(2)18(24)13-6-5-7-14(10-13)20-17(23)11-22-12-19-15-8-3-4-9-16(15)22/h3-10,12H,11H2,1-2H3,(H,20,23). The van der Waals surface area contributed by atoms with Crippen molar-refractivity contribution in [1.82, 2.24) is 14.5 Å². The van der Waals surface area contributed by atoms with Crippen molar-refractivity contribution in [2.75, 3.05) is 19.4 Å². The number of nitrogens with one attached hydrogen (secondary N) is 1. The molecule has 0 spiro atoms. The van der Waals surface area contributed by atoms with Gasteiger partial charge in [-0.15, -0.1) is 0 Å². The molecule has 6 heteroatoms. The highest BCUT2D eigenvalue weighted by Gasteiger charge is 2.10. The van der Waals surface area contributed by atoms with Gasteiger partial charge in [-0.3, -0.25) is 9.59 Å². The van der Waals surface area contributed by atoms with E-state index in [1.807, 2.05) is 24.3 Å². The minimum Gasteiger partial charge on any atom is -0.345 e. The van der Waals surface area contributed by atoms with E-state index >= 15 is 0 Å². The maximum atomic E-state index is 12.3. The van der Waals surface area contributed by atoms with Crippen LogP contribution >= 0.6 is 0 Å². The maximum Gasteiger partial charge on any atom is 0.253 e. The first-order chi connectivity index (χ1) is 11.5. The lowest BCUT2D eigenvalue weighted by Crippen LogP contribution is -2.22. The van der Waals surface area contributed by atoms with Crippen LogP contribution in [0.5, 0.6) is 0 Å². The van der Waals surface area contributed by atoms with Crippen molar-refractivity contribution < 1.29 is 9.59 Å². The Kier molecular flexibility index (Phi) is 4.29. The normalized spacial score (nSPS) is 10.6. The predicted octanol–water partition coefficient (Wildman–Crippen LogP) is 2.38. The highest BCUT2D eigenvalue weighted by molar-refractivity contribution is 5.97. The lowest BCUT2D eigenvalue weighted by molar-refractivity contribution is -0.116.